The van der Waals surface area contributed by atoms with Crippen LogP contribution in [-0.2, 0) is 6.42 Å². The van der Waals surface area contributed by atoms with Gasteiger partial charge >= 0.3 is 11.9 Å². The summed E-state index contributed by atoms with van der Waals surface area (Å²) >= 11 is 0. The van der Waals surface area contributed by atoms with Gasteiger partial charge in [-0.1, -0.05) is 26.0 Å². The van der Waals surface area contributed by atoms with Gasteiger partial charge in [-0.15, -0.1) is 0 Å². The summed E-state index contributed by atoms with van der Waals surface area (Å²) in [5.74, 6) is -1.89. The van der Waals surface area contributed by atoms with Crippen molar-refractivity contribution in [3.8, 4) is 0 Å². The first-order valence-corrected chi connectivity index (χ1v) is 7.74. The summed E-state index contributed by atoms with van der Waals surface area (Å²) in [6.45, 7) is 4.18. The number of carboxylic acids is 2. The second-order valence-electron chi connectivity index (χ2n) is 6.85. The lowest BCUT2D eigenvalue weighted by Crippen LogP contribution is -2.35. The molecule has 2 aromatic carbocycles. The SMILES string of the molecule is CC1(C)Cc2cc(C(=O)O)ccc2NC1c1cccc(C(=O)O)c1. The van der Waals surface area contributed by atoms with Crippen molar-refractivity contribution in [2.45, 2.75) is 26.3 Å². The van der Waals surface area contributed by atoms with Crippen LogP contribution in [0.3, 0.4) is 0 Å². The molecule has 0 amide bonds. The van der Waals surface area contributed by atoms with E-state index in [1.54, 1.807) is 36.4 Å². The van der Waals surface area contributed by atoms with Gasteiger partial charge in [0.05, 0.1) is 17.2 Å². The average Bonchev–Trinajstić information content (AvgIpc) is 2.52. The lowest BCUT2D eigenvalue weighted by Gasteiger charge is -2.41. The zero-order valence-electron chi connectivity index (χ0n) is 13.5. The molecule has 0 radical (unpaired) electrons. The molecule has 0 aliphatic carbocycles. The molecular weight excluding hydrogens is 306 g/mol. The van der Waals surface area contributed by atoms with Crippen LogP contribution in [0.4, 0.5) is 5.69 Å². The van der Waals surface area contributed by atoms with E-state index in [-0.39, 0.29) is 22.6 Å². The molecule has 0 fully saturated rings. The van der Waals surface area contributed by atoms with Gasteiger partial charge in [-0.05, 0) is 53.3 Å². The lowest BCUT2D eigenvalue weighted by atomic mass is 9.72. The predicted molar refractivity (Wildman–Crippen MR) is 90.7 cm³/mol. The van der Waals surface area contributed by atoms with Gasteiger partial charge in [0.15, 0.2) is 0 Å². The molecule has 3 rings (SSSR count). The first-order chi connectivity index (χ1) is 11.3. The van der Waals surface area contributed by atoms with Crippen LogP contribution in [-0.4, -0.2) is 22.2 Å². The molecule has 2 aromatic rings. The molecule has 1 heterocycles. The van der Waals surface area contributed by atoms with Gasteiger partial charge in [-0.25, -0.2) is 9.59 Å². The number of benzene rings is 2. The highest BCUT2D eigenvalue weighted by molar-refractivity contribution is 5.89. The summed E-state index contributed by atoms with van der Waals surface area (Å²) in [6, 6.07) is 11.9. The second-order valence-corrected chi connectivity index (χ2v) is 6.85. The number of anilines is 1. The van der Waals surface area contributed by atoms with E-state index < -0.39 is 11.9 Å². The topological polar surface area (TPSA) is 86.6 Å². The third-order valence-corrected chi connectivity index (χ3v) is 4.55. The van der Waals surface area contributed by atoms with Crippen LogP contribution < -0.4 is 5.32 Å². The van der Waals surface area contributed by atoms with Gasteiger partial charge < -0.3 is 15.5 Å². The molecule has 0 spiro atoms. The van der Waals surface area contributed by atoms with E-state index in [0.29, 0.717) is 6.42 Å². The average molecular weight is 325 g/mol. The smallest absolute Gasteiger partial charge is 0.335 e. The Bertz CT molecular complexity index is 826. The van der Waals surface area contributed by atoms with E-state index in [9.17, 15) is 14.7 Å². The molecule has 0 aromatic heterocycles. The maximum Gasteiger partial charge on any atom is 0.335 e. The lowest BCUT2D eigenvalue weighted by molar-refractivity contribution is 0.0686. The standard InChI is InChI=1S/C19H19NO4/c1-19(2)10-14-9-13(18(23)24)6-7-15(14)20-16(19)11-4-3-5-12(8-11)17(21)22/h3-9,16,20H,10H2,1-2H3,(H,21,22)(H,23,24). The molecule has 5 heteroatoms. The molecule has 0 saturated heterocycles. The Morgan fingerprint density at radius 3 is 2.38 bits per heavy atom. The number of hydrogen-bond donors (Lipinski definition) is 3. The van der Waals surface area contributed by atoms with Gasteiger partial charge in [0.25, 0.3) is 0 Å². The van der Waals surface area contributed by atoms with Crippen LogP contribution >= 0.6 is 0 Å². The van der Waals surface area contributed by atoms with E-state index in [4.69, 9.17) is 5.11 Å². The highest BCUT2D eigenvalue weighted by atomic mass is 16.4. The second kappa shape index (κ2) is 5.67. The van der Waals surface area contributed by atoms with Crippen molar-refractivity contribution in [2.24, 2.45) is 5.41 Å². The predicted octanol–water partition coefficient (Wildman–Crippen LogP) is 3.82. The molecule has 24 heavy (non-hydrogen) atoms. The summed E-state index contributed by atoms with van der Waals surface area (Å²) < 4.78 is 0. The van der Waals surface area contributed by atoms with Gasteiger partial charge in [0, 0.05) is 5.69 Å². The highest BCUT2D eigenvalue weighted by Gasteiger charge is 2.36. The summed E-state index contributed by atoms with van der Waals surface area (Å²) in [6.07, 6.45) is 0.707. The third kappa shape index (κ3) is 2.85. The summed E-state index contributed by atoms with van der Waals surface area (Å²) in [7, 11) is 0. The summed E-state index contributed by atoms with van der Waals surface area (Å²) in [5, 5.41) is 21.8. The number of hydrogen-bond acceptors (Lipinski definition) is 3. The number of carbonyl (C=O) groups is 2. The fourth-order valence-corrected chi connectivity index (χ4v) is 3.34. The zero-order chi connectivity index (χ0) is 17.5. The quantitative estimate of drug-likeness (QED) is 0.798. The van der Waals surface area contributed by atoms with Crippen LogP contribution in [0.1, 0.15) is 51.7 Å². The Balaban J connectivity index is 2.01. The Labute approximate surface area is 139 Å². The van der Waals surface area contributed by atoms with Crippen molar-refractivity contribution < 1.29 is 19.8 Å². The molecule has 1 atom stereocenters. The number of fused-ring (bicyclic) bond motifs is 1. The minimum atomic E-state index is -0.947. The Hall–Kier alpha value is -2.82. The normalized spacial score (nSPS) is 18.3. The van der Waals surface area contributed by atoms with Crippen molar-refractivity contribution >= 4 is 17.6 Å². The first kappa shape index (κ1) is 16.1. The highest BCUT2D eigenvalue weighted by Crippen LogP contribution is 2.45. The van der Waals surface area contributed by atoms with Crippen LogP contribution in [0.25, 0.3) is 0 Å². The maximum atomic E-state index is 11.2. The number of rotatable bonds is 3. The maximum absolute atomic E-state index is 11.2. The fraction of sp³-hybridized carbons (Fsp3) is 0.263. The summed E-state index contributed by atoms with van der Waals surface area (Å²) in [5.41, 5.74) is 3.11. The van der Waals surface area contributed by atoms with Crippen LogP contribution in [0.15, 0.2) is 42.5 Å². The van der Waals surface area contributed by atoms with Crippen molar-refractivity contribution in [3.05, 3.63) is 64.7 Å². The molecular formula is C19H19NO4. The minimum absolute atomic E-state index is 0.0556. The number of aromatic carboxylic acids is 2. The van der Waals surface area contributed by atoms with Crippen molar-refractivity contribution in [1.82, 2.24) is 0 Å². The molecule has 1 unspecified atom stereocenters. The zero-order valence-corrected chi connectivity index (χ0v) is 13.5. The van der Waals surface area contributed by atoms with Gasteiger partial charge in [0.2, 0.25) is 0 Å². The van der Waals surface area contributed by atoms with Gasteiger partial charge in [-0.3, -0.25) is 0 Å². The monoisotopic (exact) mass is 325 g/mol. The Kier molecular flexibility index (Phi) is 3.79. The molecule has 0 saturated carbocycles. The van der Waals surface area contributed by atoms with Crippen molar-refractivity contribution in [3.63, 3.8) is 0 Å². The van der Waals surface area contributed by atoms with Crippen LogP contribution in [0.2, 0.25) is 0 Å². The molecule has 1 aliphatic rings. The van der Waals surface area contributed by atoms with Crippen LogP contribution in [0, 0.1) is 5.41 Å². The first-order valence-electron chi connectivity index (χ1n) is 7.74. The molecule has 3 N–H and O–H groups in total. The fourth-order valence-electron chi connectivity index (χ4n) is 3.34. The molecule has 5 nitrogen and oxygen atoms in total. The Morgan fingerprint density at radius 2 is 1.71 bits per heavy atom. The van der Waals surface area contributed by atoms with E-state index in [2.05, 4.69) is 19.2 Å². The van der Waals surface area contributed by atoms with E-state index >= 15 is 0 Å². The molecule has 1 aliphatic heterocycles. The third-order valence-electron chi connectivity index (χ3n) is 4.55. The number of nitrogens with one attached hydrogen (secondary N) is 1. The van der Waals surface area contributed by atoms with Crippen molar-refractivity contribution in [1.29, 1.82) is 0 Å². The molecule has 0 bridgehead atoms. The van der Waals surface area contributed by atoms with Gasteiger partial charge in [-0.2, -0.15) is 0 Å². The van der Waals surface area contributed by atoms with Gasteiger partial charge in [0.1, 0.15) is 0 Å². The van der Waals surface area contributed by atoms with E-state index in [0.717, 1.165) is 16.8 Å². The largest absolute Gasteiger partial charge is 0.478 e. The molecule has 124 valence electrons. The van der Waals surface area contributed by atoms with Crippen LogP contribution in [0.5, 0.6) is 0 Å². The Morgan fingerprint density at radius 1 is 1.04 bits per heavy atom. The van der Waals surface area contributed by atoms with E-state index in [1.807, 2.05) is 6.07 Å². The minimum Gasteiger partial charge on any atom is -0.478 e. The van der Waals surface area contributed by atoms with E-state index in [1.165, 1.54) is 0 Å². The van der Waals surface area contributed by atoms with Crippen molar-refractivity contribution in [2.75, 3.05) is 5.32 Å². The summed E-state index contributed by atoms with van der Waals surface area (Å²) in [4.78, 5) is 22.4. The number of carboxylic acid groups (broad SMARTS) is 2.